The van der Waals surface area contributed by atoms with E-state index in [0.29, 0.717) is 11.1 Å². The summed E-state index contributed by atoms with van der Waals surface area (Å²) in [6.07, 6.45) is 0.120. The Hall–Kier alpha value is -4.03. The van der Waals surface area contributed by atoms with E-state index in [4.69, 9.17) is 10.2 Å². The molecule has 0 fully saturated rings. The largest absolute Gasteiger partial charge is 0.478 e. The molecule has 0 bridgehead atoms. The normalized spacial score (nSPS) is 9.30. The van der Waals surface area contributed by atoms with Crippen molar-refractivity contribution in [2.45, 2.75) is 13.1 Å². The molecule has 0 saturated heterocycles. The summed E-state index contributed by atoms with van der Waals surface area (Å²) in [4.78, 5) is 20.4. The van der Waals surface area contributed by atoms with Crippen LogP contribution in [0.25, 0.3) is 21.5 Å². The first-order chi connectivity index (χ1) is 19.3. The van der Waals surface area contributed by atoms with Crippen molar-refractivity contribution in [3.8, 4) is 0 Å². The number of carbonyl (C=O) groups is 2. The first-order valence-corrected chi connectivity index (χ1v) is 17.4. The van der Waals surface area contributed by atoms with Gasteiger partial charge in [0.25, 0.3) is 0 Å². The predicted molar refractivity (Wildman–Crippen MR) is 163 cm³/mol. The maximum absolute atomic E-state index is 10.2. The number of fused-ring (bicyclic) bond motifs is 2. The minimum absolute atomic E-state index is 0.120. The second kappa shape index (κ2) is 18.3. The van der Waals surface area contributed by atoms with Gasteiger partial charge in [-0.05, 0) is 24.3 Å². The molecule has 0 aliphatic heterocycles. The maximum atomic E-state index is 10.2. The molecule has 0 spiro atoms. The summed E-state index contributed by atoms with van der Waals surface area (Å²) in [5.41, 5.74) is 0.662. The third kappa shape index (κ3) is 12.7. The molecular weight excluding hydrogens is 548 g/mol. The van der Waals surface area contributed by atoms with Crippen molar-refractivity contribution in [1.29, 1.82) is 0 Å². The van der Waals surface area contributed by atoms with E-state index in [1.165, 1.54) is 21.5 Å². The second-order valence-corrected chi connectivity index (χ2v) is 15.3. The molecule has 200 valence electrons. The fourth-order valence-corrected chi connectivity index (χ4v) is 3.30. The van der Waals surface area contributed by atoms with E-state index in [1.807, 2.05) is 0 Å². The monoisotopic (exact) mass is 580 g/mol. The van der Waals surface area contributed by atoms with Crippen molar-refractivity contribution in [3.05, 3.63) is 157 Å². The minimum Gasteiger partial charge on any atom is -0.478 e. The van der Waals surface area contributed by atoms with Crippen LogP contribution in [0.5, 0.6) is 0 Å². The Kier molecular flexibility index (Phi) is 14.7. The summed E-state index contributed by atoms with van der Waals surface area (Å²) in [6, 6.07) is 45.9. The smallest absolute Gasteiger partial charge is 0.335 e. The number of rotatable bonds is 2. The summed E-state index contributed by atoms with van der Waals surface area (Å²) in [5.74, 6) is -1.76. The fourth-order valence-electron chi connectivity index (χ4n) is 3.30. The van der Waals surface area contributed by atoms with Crippen molar-refractivity contribution < 1.29 is 39.0 Å². The number of carboxylic acids is 2. The van der Waals surface area contributed by atoms with Crippen LogP contribution in [-0.2, 0) is 19.2 Å². The quantitative estimate of drug-likeness (QED) is 0.159. The third-order valence-corrected chi connectivity index (χ3v) is 5.14. The van der Waals surface area contributed by atoms with E-state index in [-0.39, 0.29) is 6.19 Å². The number of hydrogen-bond acceptors (Lipinski definition) is 2. The van der Waals surface area contributed by atoms with Crippen LogP contribution in [0.15, 0.2) is 146 Å². The van der Waals surface area contributed by atoms with Crippen LogP contribution in [-0.4, -0.2) is 28.3 Å². The van der Waals surface area contributed by atoms with Crippen LogP contribution in [0.4, 0.5) is 0 Å². The average Bonchev–Trinajstić information content (AvgIpc) is 3.65. The minimum atomic E-state index is -0.879. The van der Waals surface area contributed by atoms with Crippen LogP contribution < -0.4 is 0 Å². The Bertz CT molecular complexity index is 1410. The van der Waals surface area contributed by atoms with Gasteiger partial charge in [-0.1, -0.05) is 48.5 Å². The van der Waals surface area contributed by atoms with E-state index >= 15 is 0 Å². The van der Waals surface area contributed by atoms with Crippen LogP contribution >= 0.6 is 0 Å². The number of carboxylic acid groups (broad SMARTS) is 2. The first-order valence-electron chi connectivity index (χ1n) is 12.6. The Labute approximate surface area is 247 Å². The molecule has 6 aromatic rings. The molecule has 0 amide bonds. The predicted octanol–water partition coefficient (Wildman–Crippen LogP) is 8.67. The molecule has 0 atom stereocenters. The van der Waals surface area contributed by atoms with Gasteiger partial charge in [-0.25, -0.2) is 9.59 Å². The van der Waals surface area contributed by atoms with Gasteiger partial charge in [-0.3, -0.25) is 0 Å². The molecule has 0 saturated carbocycles. The zero-order chi connectivity index (χ0) is 29.2. The number of benzene rings is 4. The summed E-state index contributed by atoms with van der Waals surface area (Å²) < 4.78 is 0. The van der Waals surface area contributed by atoms with E-state index in [1.54, 1.807) is 60.7 Å². The molecule has 40 heavy (non-hydrogen) atoms. The molecule has 0 unspecified atom stereocenters. The molecule has 6 heteroatoms. The van der Waals surface area contributed by atoms with Gasteiger partial charge in [-0.2, -0.15) is 35.0 Å². The summed E-state index contributed by atoms with van der Waals surface area (Å²) in [6.45, 7) is 4.54. The van der Waals surface area contributed by atoms with E-state index in [0.717, 1.165) is 0 Å². The van der Waals surface area contributed by atoms with Gasteiger partial charge in [0, 0.05) is 0 Å². The van der Waals surface area contributed by atoms with Gasteiger partial charge < -0.3 is 10.2 Å². The Balaban J connectivity index is 0.000000179. The third-order valence-electron chi connectivity index (χ3n) is 5.14. The van der Waals surface area contributed by atoms with Gasteiger partial charge in [0.15, 0.2) is 0 Å². The van der Waals surface area contributed by atoms with E-state index < -0.39 is 11.9 Å². The van der Waals surface area contributed by atoms with Crippen molar-refractivity contribution in [2.24, 2.45) is 0 Å². The average molecular weight is 581 g/mol. The topological polar surface area (TPSA) is 74.6 Å². The van der Waals surface area contributed by atoms with E-state index in [2.05, 4.69) is 117 Å². The Morgan fingerprint density at radius 2 is 0.850 bits per heavy atom. The van der Waals surface area contributed by atoms with Crippen molar-refractivity contribution >= 4 is 39.7 Å². The molecule has 6 rings (SSSR count). The number of aromatic carboxylic acids is 2. The number of hydrogen-bond donors (Lipinski definition) is 2. The molecule has 6 aromatic carbocycles. The van der Waals surface area contributed by atoms with Crippen LogP contribution in [0, 0.1) is 0 Å². The van der Waals surface area contributed by atoms with Crippen LogP contribution in [0.1, 0.15) is 20.7 Å². The first kappa shape index (κ1) is 32.2. The van der Waals surface area contributed by atoms with Crippen LogP contribution in [0.2, 0.25) is 13.1 Å². The second-order valence-electron chi connectivity index (χ2n) is 8.65. The van der Waals surface area contributed by atoms with Crippen LogP contribution in [0.3, 0.4) is 0 Å². The molecule has 4 nitrogen and oxygen atoms in total. The maximum Gasteiger partial charge on any atom is 0.335 e. The van der Waals surface area contributed by atoms with E-state index in [9.17, 15) is 9.59 Å². The summed E-state index contributed by atoms with van der Waals surface area (Å²) >= 11 is 2.27. The molecule has 0 aliphatic rings. The van der Waals surface area contributed by atoms with Gasteiger partial charge in [0.05, 0.1) is 11.1 Å². The Morgan fingerprint density at radius 1 is 0.550 bits per heavy atom. The van der Waals surface area contributed by atoms with Crippen molar-refractivity contribution in [1.82, 2.24) is 0 Å². The van der Waals surface area contributed by atoms with Gasteiger partial charge >= 0.3 is 50.4 Å². The Morgan fingerprint density at radius 3 is 1.12 bits per heavy atom. The molecule has 0 aromatic heterocycles. The molecular formula is C34H32O4SiTi. The zero-order valence-electron chi connectivity index (χ0n) is 22.6. The molecule has 0 aliphatic carbocycles. The SMILES string of the molecule is C[Si](C)=[Ti+2].O=C(O)c1ccccc1.O=C(O)c1ccccc1.c1ccc2[cH-]ccc2c1.c1ccc2[cH-]ccc2c1. The van der Waals surface area contributed by atoms with Crippen molar-refractivity contribution in [2.75, 3.05) is 0 Å². The zero-order valence-corrected chi connectivity index (χ0v) is 25.1. The molecule has 0 radical (unpaired) electrons. The molecule has 2 N–H and O–H groups in total. The van der Waals surface area contributed by atoms with Gasteiger partial charge in [-0.15, -0.1) is 59.3 Å². The fraction of sp³-hybridized carbons (Fsp3) is 0.0588. The van der Waals surface area contributed by atoms with Crippen molar-refractivity contribution in [3.63, 3.8) is 0 Å². The molecule has 0 heterocycles. The summed E-state index contributed by atoms with van der Waals surface area (Å²) in [5, 5.41) is 22.1. The summed E-state index contributed by atoms with van der Waals surface area (Å²) in [7, 11) is 0. The van der Waals surface area contributed by atoms with Gasteiger partial charge in [0.1, 0.15) is 0 Å². The standard InChI is InChI=1S/2C9H7.2C7H6O2.C2H6Si.Ti/c2*1-2-5-9-7-3-6-8(9)4-1;2*8-7(9)6-4-2-1-3-5-6;1-3-2;/h2*1-7H;2*1-5H,(H,8,9);1-2H3;/q2*-1;;;;+2. The van der Waals surface area contributed by atoms with Gasteiger partial charge in [0.2, 0.25) is 0 Å².